The molecule has 4 rings (SSSR count). The Hall–Kier alpha value is -3.01. The summed E-state index contributed by atoms with van der Waals surface area (Å²) in [6.07, 6.45) is 7.16. The van der Waals surface area contributed by atoms with Gasteiger partial charge in [-0.15, -0.1) is 10.2 Å². The van der Waals surface area contributed by atoms with Crippen molar-refractivity contribution in [1.82, 2.24) is 20.4 Å². The molecule has 1 saturated heterocycles. The van der Waals surface area contributed by atoms with E-state index in [1.807, 2.05) is 0 Å². The highest BCUT2D eigenvalue weighted by atomic mass is 32.1. The zero-order valence-corrected chi connectivity index (χ0v) is 19.5. The molecule has 1 aliphatic carbocycles. The number of rotatable bonds is 6. The smallest absolute Gasteiger partial charge is 0.286 e. The Morgan fingerprint density at radius 3 is 2.45 bits per heavy atom. The Kier molecular flexibility index (Phi) is 7.54. The summed E-state index contributed by atoms with van der Waals surface area (Å²) in [4.78, 5) is 39.9. The predicted octanol–water partition coefficient (Wildman–Crippen LogP) is 3.10. The van der Waals surface area contributed by atoms with Gasteiger partial charge in [-0.25, -0.2) is 0 Å². The SMILES string of the molecule is COc1ccc(NC(=O)c2nnc(C(=O)N3CCC[C@@H](C(=O)NC4CCCCC4)C3)s2)cc1. The molecule has 1 aromatic carbocycles. The second-order valence-corrected chi connectivity index (χ2v) is 9.51. The number of nitrogens with one attached hydrogen (secondary N) is 2. The van der Waals surface area contributed by atoms with Crippen LogP contribution in [0.15, 0.2) is 24.3 Å². The molecule has 3 amide bonds. The van der Waals surface area contributed by atoms with E-state index in [4.69, 9.17) is 4.74 Å². The van der Waals surface area contributed by atoms with Gasteiger partial charge in [-0.05, 0) is 49.9 Å². The Labute approximate surface area is 196 Å². The summed E-state index contributed by atoms with van der Waals surface area (Å²) >= 11 is 0.957. The maximum Gasteiger partial charge on any atom is 0.286 e. The van der Waals surface area contributed by atoms with Gasteiger partial charge in [0.1, 0.15) is 5.75 Å². The third kappa shape index (κ3) is 5.87. The molecule has 2 aromatic rings. The van der Waals surface area contributed by atoms with Crippen molar-refractivity contribution < 1.29 is 19.1 Å². The second kappa shape index (κ2) is 10.7. The number of methoxy groups -OCH3 is 1. The quantitative estimate of drug-likeness (QED) is 0.669. The Morgan fingerprint density at radius 1 is 1.00 bits per heavy atom. The zero-order valence-electron chi connectivity index (χ0n) is 18.7. The van der Waals surface area contributed by atoms with E-state index in [1.54, 1.807) is 36.3 Å². The molecule has 1 saturated carbocycles. The number of carbonyl (C=O) groups excluding carboxylic acids is 3. The molecule has 0 unspecified atom stereocenters. The molecule has 176 valence electrons. The van der Waals surface area contributed by atoms with Crippen molar-refractivity contribution in [2.45, 2.75) is 51.0 Å². The van der Waals surface area contributed by atoms with Gasteiger partial charge in [0.2, 0.25) is 15.9 Å². The van der Waals surface area contributed by atoms with Crippen molar-refractivity contribution in [3.05, 3.63) is 34.3 Å². The number of aromatic nitrogens is 2. The Balaban J connectivity index is 1.33. The van der Waals surface area contributed by atoms with Crippen LogP contribution in [0.4, 0.5) is 5.69 Å². The summed E-state index contributed by atoms with van der Waals surface area (Å²) < 4.78 is 5.11. The minimum Gasteiger partial charge on any atom is -0.497 e. The zero-order chi connectivity index (χ0) is 23.2. The average molecular weight is 472 g/mol. The Morgan fingerprint density at radius 2 is 1.73 bits per heavy atom. The summed E-state index contributed by atoms with van der Waals surface area (Å²) in [6, 6.07) is 7.17. The summed E-state index contributed by atoms with van der Waals surface area (Å²) in [6.45, 7) is 0.934. The molecule has 2 aliphatic rings. The van der Waals surface area contributed by atoms with E-state index in [2.05, 4.69) is 20.8 Å². The molecule has 1 aromatic heterocycles. The van der Waals surface area contributed by atoms with E-state index in [0.717, 1.165) is 49.9 Å². The molecule has 0 bridgehead atoms. The predicted molar refractivity (Wildman–Crippen MR) is 124 cm³/mol. The number of likely N-dealkylation sites (tertiary alicyclic amines) is 1. The van der Waals surface area contributed by atoms with Crippen molar-refractivity contribution in [3.8, 4) is 5.75 Å². The van der Waals surface area contributed by atoms with Gasteiger partial charge in [0, 0.05) is 24.8 Å². The molecular formula is C23H29N5O4S. The van der Waals surface area contributed by atoms with Crippen molar-refractivity contribution >= 4 is 34.7 Å². The van der Waals surface area contributed by atoms with Crippen LogP contribution < -0.4 is 15.4 Å². The number of piperidine rings is 1. The van der Waals surface area contributed by atoms with E-state index in [-0.39, 0.29) is 33.8 Å². The number of amides is 3. The van der Waals surface area contributed by atoms with E-state index < -0.39 is 5.91 Å². The molecule has 2 N–H and O–H groups in total. The highest BCUT2D eigenvalue weighted by molar-refractivity contribution is 7.15. The molecule has 2 fully saturated rings. The first kappa shape index (κ1) is 23.2. The molecule has 1 atom stereocenters. The summed E-state index contributed by atoms with van der Waals surface area (Å²) in [5.41, 5.74) is 0.590. The summed E-state index contributed by atoms with van der Waals surface area (Å²) in [5, 5.41) is 14.0. The second-order valence-electron chi connectivity index (χ2n) is 8.53. The molecule has 0 radical (unpaired) electrons. The van der Waals surface area contributed by atoms with Gasteiger partial charge in [0.25, 0.3) is 11.8 Å². The Bertz CT molecular complexity index is 987. The van der Waals surface area contributed by atoms with Crippen LogP contribution >= 0.6 is 11.3 Å². The number of ether oxygens (including phenoxy) is 1. The first-order valence-corrected chi connectivity index (χ1v) is 12.2. The standard InChI is InChI=1S/C23H29N5O4S/c1-32-18-11-9-17(10-12-18)25-20(30)21-26-27-22(33-21)23(31)28-13-5-6-15(14-28)19(29)24-16-7-3-2-4-8-16/h9-12,15-16H,2-8,13-14H2,1H3,(H,24,29)(H,25,30)/t15-/m1/s1. The van der Waals surface area contributed by atoms with Gasteiger partial charge in [0.15, 0.2) is 0 Å². The van der Waals surface area contributed by atoms with E-state index in [1.165, 1.54) is 6.42 Å². The van der Waals surface area contributed by atoms with Crippen LogP contribution in [-0.2, 0) is 4.79 Å². The molecule has 9 nitrogen and oxygen atoms in total. The lowest BCUT2D eigenvalue weighted by Gasteiger charge is -2.33. The number of hydrogen-bond acceptors (Lipinski definition) is 7. The number of benzene rings is 1. The third-order valence-corrected chi connectivity index (χ3v) is 7.09. The fraction of sp³-hybridized carbons (Fsp3) is 0.522. The number of carbonyl (C=O) groups is 3. The molecule has 1 aliphatic heterocycles. The van der Waals surface area contributed by atoms with Gasteiger partial charge in [0.05, 0.1) is 13.0 Å². The van der Waals surface area contributed by atoms with Crippen LogP contribution in [0.1, 0.15) is 64.6 Å². The highest BCUT2D eigenvalue weighted by Gasteiger charge is 2.32. The molecular weight excluding hydrogens is 442 g/mol. The van der Waals surface area contributed by atoms with Gasteiger partial charge in [-0.3, -0.25) is 14.4 Å². The van der Waals surface area contributed by atoms with E-state index in [0.29, 0.717) is 24.5 Å². The fourth-order valence-corrected chi connectivity index (χ4v) is 5.04. The van der Waals surface area contributed by atoms with Crippen molar-refractivity contribution in [1.29, 1.82) is 0 Å². The monoisotopic (exact) mass is 471 g/mol. The molecule has 0 spiro atoms. The maximum atomic E-state index is 13.0. The van der Waals surface area contributed by atoms with Gasteiger partial charge < -0.3 is 20.3 Å². The normalized spacial score (nSPS) is 19.1. The van der Waals surface area contributed by atoms with E-state index in [9.17, 15) is 14.4 Å². The van der Waals surface area contributed by atoms with Crippen LogP contribution in [-0.4, -0.2) is 59.1 Å². The van der Waals surface area contributed by atoms with Crippen molar-refractivity contribution in [2.24, 2.45) is 5.92 Å². The van der Waals surface area contributed by atoms with Crippen LogP contribution in [0, 0.1) is 5.92 Å². The average Bonchev–Trinajstić information content (AvgIpc) is 3.35. The van der Waals surface area contributed by atoms with Crippen molar-refractivity contribution in [3.63, 3.8) is 0 Å². The number of hydrogen-bond donors (Lipinski definition) is 2. The van der Waals surface area contributed by atoms with Gasteiger partial charge in [-0.1, -0.05) is 30.6 Å². The lowest BCUT2D eigenvalue weighted by molar-refractivity contribution is -0.127. The number of anilines is 1. The molecule has 2 heterocycles. The number of nitrogens with zero attached hydrogens (tertiary/aromatic N) is 3. The summed E-state index contributed by atoms with van der Waals surface area (Å²) in [7, 11) is 1.57. The summed E-state index contributed by atoms with van der Waals surface area (Å²) in [5.74, 6) is -0.207. The van der Waals surface area contributed by atoms with Crippen LogP contribution in [0.3, 0.4) is 0 Å². The minimum atomic E-state index is -0.430. The van der Waals surface area contributed by atoms with E-state index >= 15 is 0 Å². The fourth-order valence-electron chi connectivity index (χ4n) is 4.34. The largest absolute Gasteiger partial charge is 0.497 e. The topological polar surface area (TPSA) is 114 Å². The van der Waals surface area contributed by atoms with Gasteiger partial charge >= 0.3 is 0 Å². The maximum absolute atomic E-state index is 13.0. The van der Waals surface area contributed by atoms with Crippen LogP contribution in [0.5, 0.6) is 5.75 Å². The lowest BCUT2D eigenvalue weighted by Crippen LogP contribution is -2.47. The lowest BCUT2D eigenvalue weighted by atomic mass is 9.93. The molecule has 10 heteroatoms. The first-order chi connectivity index (χ1) is 16.0. The van der Waals surface area contributed by atoms with Crippen LogP contribution in [0.2, 0.25) is 0 Å². The highest BCUT2D eigenvalue weighted by Crippen LogP contribution is 2.23. The van der Waals surface area contributed by atoms with Crippen LogP contribution in [0.25, 0.3) is 0 Å². The van der Waals surface area contributed by atoms with Crippen molar-refractivity contribution in [2.75, 3.05) is 25.5 Å². The molecule has 33 heavy (non-hydrogen) atoms. The third-order valence-electron chi connectivity index (χ3n) is 6.18. The minimum absolute atomic E-state index is 0.0382. The first-order valence-electron chi connectivity index (χ1n) is 11.4. The van der Waals surface area contributed by atoms with Gasteiger partial charge in [-0.2, -0.15) is 0 Å².